The molecule has 0 saturated carbocycles. The van der Waals surface area contributed by atoms with Gasteiger partial charge in [-0.1, -0.05) is 0 Å². The molecule has 0 atom stereocenters. The quantitative estimate of drug-likeness (QED) is 0.310. The Morgan fingerprint density at radius 2 is 0.917 bits per heavy atom. The maximum Gasteiger partial charge on any atom is 0.0701 e. The van der Waals surface area contributed by atoms with Gasteiger partial charge in [-0.2, -0.15) is 0 Å². The summed E-state index contributed by atoms with van der Waals surface area (Å²) in [4.78, 5) is 2.34. The molecule has 0 fully saturated rings. The Morgan fingerprint density at radius 1 is 0.542 bits per heavy atom. The van der Waals surface area contributed by atoms with E-state index in [4.69, 9.17) is 29.2 Å². The van der Waals surface area contributed by atoms with Crippen molar-refractivity contribution in [1.29, 1.82) is 0 Å². The van der Waals surface area contributed by atoms with Crippen molar-refractivity contribution < 1.29 is 29.2 Å². The summed E-state index contributed by atoms with van der Waals surface area (Å²) in [6, 6.07) is 0. The van der Waals surface area contributed by atoms with E-state index in [0.29, 0.717) is 39.6 Å². The number of hydrogen-bond acceptors (Lipinski definition) is 7. The zero-order chi connectivity index (χ0) is 17.7. The summed E-state index contributed by atoms with van der Waals surface area (Å²) in [6.45, 7) is 6.90. The van der Waals surface area contributed by atoms with Crippen LogP contribution in [0.15, 0.2) is 0 Å². The van der Waals surface area contributed by atoms with Crippen LogP contribution in [0.3, 0.4) is 0 Å². The van der Waals surface area contributed by atoms with Crippen molar-refractivity contribution >= 4 is 0 Å². The third-order valence-corrected chi connectivity index (χ3v) is 3.37. The fraction of sp³-hybridized carbons (Fsp3) is 1.00. The molecule has 0 aromatic carbocycles. The van der Waals surface area contributed by atoms with Crippen molar-refractivity contribution in [2.45, 2.75) is 25.7 Å². The largest absolute Gasteiger partial charge is 0.394 e. The fourth-order valence-corrected chi connectivity index (χ4v) is 2.06. The van der Waals surface area contributed by atoms with Crippen molar-refractivity contribution in [2.75, 3.05) is 86.2 Å². The highest BCUT2D eigenvalue weighted by Gasteiger charge is 1.99. The SMILES string of the molecule is CN(CCCCOCCOCCO)CCCCOCCOCCO. The molecule has 2 N–H and O–H groups in total. The summed E-state index contributed by atoms with van der Waals surface area (Å²) < 4.78 is 21.1. The van der Waals surface area contributed by atoms with Gasteiger partial charge in [0.1, 0.15) is 0 Å². The first-order valence-corrected chi connectivity index (χ1v) is 9.02. The molecule has 0 aromatic heterocycles. The average Bonchev–Trinajstić information content (AvgIpc) is 2.59. The van der Waals surface area contributed by atoms with Crippen LogP contribution in [0, 0.1) is 0 Å². The third kappa shape index (κ3) is 19.8. The molecule has 24 heavy (non-hydrogen) atoms. The van der Waals surface area contributed by atoms with Gasteiger partial charge in [0.25, 0.3) is 0 Å². The van der Waals surface area contributed by atoms with E-state index >= 15 is 0 Å². The van der Waals surface area contributed by atoms with Gasteiger partial charge < -0.3 is 34.1 Å². The summed E-state index contributed by atoms with van der Waals surface area (Å²) >= 11 is 0. The molecule has 0 unspecified atom stereocenters. The van der Waals surface area contributed by atoms with Crippen LogP contribution >= 0.6 is 0 Å². The molecule has 0 bridgehead atoms. The van der Waals surface area contributed by atoms with Gasteiger partial charge in [-0.25, -0.2) is 0 Å². The van der Waals surface area contributed by atoms with Crippen molar-refractivity contribution in [3.8, 4) is 0 Å². The van der Waals surface area contributed by atoms with Crippen molar-refractivity contribution in [3.63, 3.8) is 0 Å². The number of hydrogen-bond donors (Lipinski definition) is 2. The predicted molar refractivity (Wildman–Crippen MR) is 93.4 cm³/mol. The smallest absolute Gasteiger partial charge is 0.0701 e. The Labute approximate surface area is 146 Å². The van der Waals surface area contributed by atoms with Gasteiger partial charge in [0, 0.05) is 13.2 Å². The van der Waals surface area contributed by atoms with Gasteiger partial charge in [-0.15, -0.1) is 0 Å². The maximum absolute atomic E-state index is 8.54. The lowest BCUT2D eigenvalue weighted by molar-refractivity contribution is 0.0311. The molecule has 0 amide bonds. The van der Waals surface area contributed by atoms with E-state index < -0.39 is 0 Å². The second-order valence-corrected chi connectivity index (χ2v) is 5.61. The van der Waals surface area contributed by atoms with Gasteiger partial charge in [0.2, 0.25) is 0 Å². The molecule has 0 radical (unpaired) electrons. The average molecular weight is 351 g/mol. The lowest BCUT2D eigenvalue weighted by Crippen LogP contribution is -2.21. The highest BCUT2D eigenvalue weighted by Crippen LogP contribution is 1.98. The summed E-state index contributed by atoms with van der Waals surface area (Å²) in [5, 5.41) is 17.1. The minimum absolute atomic E-state index is 0.0670. The summed E-state index contributed by atoms with van der Waals surface area (Å²) in [7, 11) is 2.15. The minimum Gasteiger partial charge on any atom is -0.394 e. The number of rotatable bonds is 20. The molecule has 0 aromatic rings. The van der Waals surface area contributed by atoms with Crippen LogP contribution in [-0.2, 0) is 18.9 Å². The van der Waals surface area contributed by atoms with Crippen LogP contribution in [0.5, 0.6) is 0 Å². The molecule has 0 heterocycles. The number of nitrogens with zero attached hydrogens (tertiary/aromatic N) is 1. The minimum atomic E-state index is 0.0670. The molecule has 7 nitrogen and oxygen atoms in total. The lowest BCUT2D eigenvalue weighted by Gasteiger charge is -2.16. The molecule has 7 heteroatoms. The Balaban J connectivity index is 3.12. The number of aliphatic hydroxyl groups is 2. The molecule has 146 valence electrons. The van der Waals surface area contributed by atoms with Crippen LogP contribution in [0.2, 0.25) is 0 Å². The highest BCUT2D eigenvalue weighted by molar-refractivity contribution is 4.53. The van der Waals surface area contributed by atoms with E-state index in [1.807, 2.05) is 0 Å². The molecule has 0 spiro atoms. The van der Waals surface area contributed by atoms with Crippen LogP contribution in [0.25, 0.3) is 0 Å². The number of unbranched alkanes of at least 4 members (excludes halogenated alkanes) is 2. The lowest BCUT2D eigenvalue weighted by atomic mass is 10.2. The molecular weight excluding hydrogens is 314 g/mol. The summed E-state index contributed by atoms with van der Waals surface area (Å²) in [5.74, 6) is 0. The van der Waals surface area contributed by atoms with Gasteiger partial charge in [0.15, 0.2) is 0 Å². The van der Waals surface area contributed by atoms with Crippen molar-refractivity contribution in [3.05, 3.63) is 0 Å². The van der Waals surface area contributed by atoms with Crippen LogP contribution in [0.1, 0.15) is 25.7 Å². The van der Waals surface area contributed by atoms with E-state index in [9.17, 15) is 0 Å². The molecular formula is C17H37NO6. The highest BCUT2D eigenvalue weighted by atomic mass is 16.5. The fourth-order valence-electron chi connectivity index (χ4n) is 2.06. The molecule has 0 aliphatic carbocycles. The first-order chi connectivity index (χ1) is 11.8. The monoisotopic (exact) mass is 351 g/mol. The first-order valence-electron chi connectivity index (χ1n) is 9.02. The van der Waals surface area contributed by atoms with E-state index in [2.05, 4.69) is 11.9 Å². The Bertz CT molecular complexity index is 211. The zero-order valence-electron chi connectivity index (χ0n) is 15.3. The van der Waals surface area contributed by atoms with Gasteiger partial charge in [0.05, 0.1) is 52.9 Å². The molecule has 0 aliphatic rings. The molecule has 0 rings (SSSR count). The Kier molecular flexibility index (Phi) is 20.5. The van der Waals surface area contributed by atoms with Gasteiger partial charge in [-0.3, -0.25) is 0 Å². The zero-order valence-corrected chi connectivity index (χ0v) is 15.3. The topological polar surface area (TPSA) is 80.6 Å². The van der Waals surface area contributed by atoms with Crippen molar-refractivity contribution in [2.24, 2.45) is 0 Å². The third-order valence-electron chi connectivity index (χ3n) is 3.37. The van der Waals surface area contributed by atoms with E-state index in [-0.39, 0.29) is 13.2 Å². The molecule has 0 aliphatic heterocycles. The molecule has 0 saturated heterocycles. The van der Waals surface area contributed by atoms with E-state index in [0.717, 1.165) is 52.0 Å². The Morgan fingerprint density at radius 3 is 1.29 bits per heavy atom. The van der Waals surface area contributed by atoms with E-state index in [1.165, 1.54) is 0 Å². The normalized spacial score (nSPS) is 11.5. The van der Waals surface area contributed by atoms with E-state index in [1.54, 1.807) is 0 Å². The number of ether oxygens (including phenoxy) is 4. The van der Waals surface area contributed by atoms with Gasteiger partial charge >= 0.3 is 0 Å². The predicted octanol–water partition coefficient (Wildman–Crippen LogP) is 0.530. The van der Waals surface area contributed by atoms with Crippen LogP contribution < -0.4 is 0 Å². The standard InChI is InChI=1S/C17H37NO6/c1-18(6-2-4-10-21-14-16-23-12-8-19)7-3-5-11-22-15-17-24-13-9-20/h19-20H,2-17H2,1H3. The Hall–Kier alpha value is -0.280. The maximum atomic E-state index is 8.54. The van der Waals surface area contributed by atoms with Gasteiger partial charge in [-0.05, 0) is 45.8 Å². The second kappa shape index (κ2) is 20.8. The summed E-state index contributed by atoms with van der Waals surface area (Å²) in [5.41, 5.74) is 0. The number of aliphatic hydroxyl groups excluding tert-OH is 2. The van der Waals surface area contributed by atoms with Crippen LogP contribution in [0.4, 0.5) is 0 Å². The van der Waals surface area contributed by atoms with Crippen LogP contribution in [-0.4, -0.2) is 101 Å². The first kappa shape index (κ1) is 23.7. The summed E-state index contributed by atoms with van der Waals surface area (Å²) in [6.07, 6.45) is 4.38. The second-order valence-electron chi connectivity index (χ2n) is 5.61. The van der Waals surface area contributed by atoms with Crippen molar-refractivity contribution in [1.82, 2.24) is 4.90 Å².